The molecule has 1 atom stereocenters. The summed E-state index contributed by atoms with van der Waals surface area (Å²) in [5.41, 5.74) is 2.32. The van der Waals surface area contributed by atoms with Gasteiger partial charge in [0.25, 0.3) is 5.91 Å². The van der Waals surface area contributed by atoms with E-state index in [1.807, 2.05) is 30.9 Å². The van der Waals surface area contributed by atoms with Gasteiger partial charge in [-0.05, 0) is 58.2 Å². The summed E-state index contributed by atoms with van der Waals surface area (Å²) < 4.78 is 4.62. The number of nitrogens with zero attached hydrogens (tertiary/aromatic N) is 2. The molecular weight excluding hydrogens is 426 g/mol. The Hall–Kier alpha value is -2.22. The standard InChI is InChI=1S/C24H35N3O4S/c1-15(2)27(18-9-7-6-8-10-18)23(29)19-14-20-21(13-16(19)3)32-17(4)22(28)26(20)12-11-25-24(30)31-5/h13-15,17-18H,6-12H2,1-5H3,(H,25,30). The fourth-order valence-corrected chi connectivity index (χ4v) is 5.82. The Morgan fingerprint density at radius 1 is 1.25 bits per heavy atom. The van der Waals surface area contributed by atoms with Gasteiger partial charge >= 0.3 is 6.09 Å². The van der Waals surface area contributed by atoms with Crippen LogP contribution in [0, 0.1) is 6.92 Å². The summed E-state index contributed by atoms with van der Waals surface area (Å²) in [4.78, 5) is 42.8. The van der Waals surface area contributed by atoms with Crippen LogP contribution in [0.3, 0.4) is 0 Å². The lowest BCUT2D eigenvalue weighted by atomic mass is 9.92. The van der Waals surface area contributed by atoms with Crippen molar-refractivity contribution in [1.82, 2.24) is 10.2 Å². The highest BCUT2D eigenvalue weighted by atomic mass is 32.2. The van der Waals surface area contributed by atoms with Crippen molar-refractivity contribution in [3.8, 4) is 0 Å². The molecule has 32 heavy (non-hydrogen) atoms. The average Bonchev–Trinajstić information content (AvgIpc) is 2.76. The number of nitrogens with one attached hydrogen (secondary N) is 1. The third kappa shape index (κ3) is 5.22. The highest BCUT2D eigenvalue weighted by molar-refractivity contribution is 8.01. The second-order valence-electron chi connectivity index (χ2n) is 8.90. The Balaban J connectivity index is 1.92. The summed E-state index contributed by atoms with van der Waals surface area (Å²) in [5.74, 6) is 0.0142. The van der Waals surface area contributed by atoms with E-state index < -0.39 is 6.09 Å². The van der Waals surface area contributed by atoms with E-state index in [0.717, 1.165) is 41.8 Å². The van der Waals surface area contributed by atoms with Crippen LogP contribution in [0.15, 0.2) is 17.0 Å². The molecule has 1 saturated carbocycles. The molecule has 1 aromatic rings. The van der Waals surface area contributed by atoms with Gasteiger partial charge in [0.15, 0.2) is 0 Å². The van der Waals surface area contributed by atoms with Crippen molar-refractivity contribution in [1.29, 1.82) is 0 Å². The highest BCUT2D eigenvalue weighted by Crippen LogP contribution is 2.41. The number of fused-ring (bicyclic) bond motifs is 1. The second-order valence-corrected chi connectivity index (χ2v) is 10.3. The lowest BCUT2D eigenvalue weighted by Gasteiger charge is -2.38. The summed E-state index contributed by atoms with van der Waals surface area (Å²) in [6, 6.07) is 4.27. The fraction of sp³-hybridized carbons (Fsp3) is 0.625. The van der Waals surface area contributed by atoms with Crippen LogP contribution in [-0.4, -0.2) is 60.3 Å². The number of hydrogen-bond acceptors (Lipinski definition) is 5. The van der Waals surface area contributed by atoms with Crippen LogP contribution in [0.5, 0.6) is 0 Å². The van der Waals surface area contributed by atoms with Gasteiger partial charge in [-0.25, -0.2) is 4.79 Å². The van der Waals surface area contributed by atoms with E-state index in [0.29, 0.717) is 12.1 Å². The Kier molecular flexibility index (Phi) is 8.09. The number of hydrogen-bond donors (Lipinski definition) is 1. The van der Waals surface area contributed by atoms with Crippen molar-refractivity contribution in [2.75, 3.05) is 25.1 Å². The number of benzene rings is 1. The van der Waals surface area contributed by atoms with Gasteiger partial charge in [0.2, 0.25) is 5.91 Å². The van der Waals surface area contributed by atoms with Crippen LogP contribution in [0.25, 0.3) is 0 Å². The van der Waals surface area contributed by atoms with Crippen LogP contribution >= 0.6 is 11.8 Å². The molecule has 0 radical (unpaired) electrons. The van der Waals surface area contributed by atoms with E-state index in [9.17, 15) is 14.4 Å². The van der Waals surface area contributed by atoms with Gasteiger partial charge in [-0.1, -0.05) is 19.3 Å². The Morgan fingerprint density at radius 2 is 1.94 bits per heavy atom. The van der Waals surface area contributed by atoms with Gasteiger partial charge in [-0.2, -0.15) is 0 Å². The molecule has 0 spiro atoms. The quantitative estimate of drug-likeness (QED) is 0.681. The van der Waals surface area contributed by atoms with Crippen molar-refractivity contribution < 1.29 is 19.1 Å². The highest BCUT2D eigenvalue weighted by Gasteiger charge is 2.34. The number of aryl methyl sites for hydroxylation is 1. The molecule has 1 unspecified atom stereocenters. The normalized spacial score (nSPS) is 19.0. The van der Waals surface area contributed by atoms with E-state index in [1.165, 1.54) is 25.3 Å². The number of rotatable bonds is 6. The van der Waals surface area contributed by atoms with Crippen LogP contribution < -0.4 is 10.2 Å². The van der Waals surface area contributed by atoms with E-state index in [2.05, 4.69) is 23.9 Å². The molecule has 3 rings (SSSR count). The van der Waals surface area contributed by atoms with Crippen LogP contribution in [0.1, 0.15) is 68.8 Å². The topological polar surface area (TPSA) is 79.0 Å². The van der Waals surface area contributed by atoms with Crippen molar-refractivity contribution in [3.63, 3.8) is 0 Å². The second kappa shape index (κ2) is 10.6. The summed E-state index contributed by atoms with van der Waals surface area (Å²) in [6.07, 6.45) is 5.12. The molecule has 1 heterocycles. The van der Waals surface area contributed by atoms with E-state index in [-0.39, 0.29) is 35.7 Å². The summed E-state index contributed by atoms with van der Waals surface area (Å²) in [5, 5.41) is 2.41. The first-order valence-electron chi connectivity index (χ1n) is 11.5. The van der Waals surface area contributed by atoms with E-state index in [4.69, 9.17) is 0 Å². The zero-order valence-corrected chi connectivity index (χ0v) is 20.6. The zero-order valence-electron chi connectivity index (χ0n) is 19.8. The largest absolute Gasteiger partial charge is 0.453 e. The molecule has 1 fully saturated rings. The van der Waals surface area contributed by atoms with Crippen molar-refractivity contribution in [2.45, 2.75) is 82.0 Å². The minimum atomic E-state index is -0.531. The molecule has 1 N–H and O–H groups in total. The maximum absolute atomic E-state index is 13.7. The van der Waals surface area contributed by atoms with Crippen LogP contribution in [0.2, 0.25) is 0 Å². The summed E-state index contributed by atoms with van der Waals surface area (Å²) in [6.45, 7) is 8.59. The molecular formula is C24H35N3O4S. The predicted octanol–water partition coefficient (Wildman–Crippen LogP) is 4.36. The fourth-order valence-electron chi connectivity index (χ4n) is 4.68. The van der Waals surface area contributed by atoms with E-state index in [1.54, 1.807) is 4.90 Å². The number of carbonyl (C=O) groups excluding carboxylic acids is 3. The SMILES string of the molecule is COC(=O)NCCN1C(=O)C(C)Sc2cc(C)c(C(=O)N(C(C)C)C3CCCCC3)cc21. The number of carbonyl (C=O) groups is 3. The monoisotopic (exact) mass is 461 g/mol. The number of methoxy groups -OCH3 is 1. The minimum absolute atomic E-state index is 0.0237. The molecule has 0 bridgehead atoms. The average molecular weight is 462 g/mol. The Bertz CT molecular complexity index is 867. The molecule has 1 aromatic carbocycles. The molecule has 0 saturated heterocycles. The molecule has 2 aliphatic rings. The molecule has 176 valence electrons. The molecule has 1 aliphatic heterocycles. The van der Waals surface area contributed by atoms with Gasteiger partial charge in [0.05, 0.1) is 18.0 Å². The number of alkyl carbamates (subject to hydrolysis) is 1. The Morgan fingerprint density at radius 3 is 2.56 bits per heavy atom. The number of amides is 3. The maximum Gasteiger partial charge on any atom is 0.406 e. The predicted molar refractivity (Wildman–Crippen MR) is 127 cm³/mol. The molecule has 7 nitrogen and oxygen atoms in total. The first kappa shape index (κ1) is 24.4. The van der Waals surface area contributed by atoms with Crippen molar-refractivity contribution in [2.24, 2.45) is 0 Å². The minimum Gasteiger partial charge on any atom is -0.453 e. The molecule has 1 aliphatic carbocycles. The lowest BCUT2D eigenvalue weighted by Crippen LogP contribution is -2.46. The number of ether oxygens (including phenoxy) is 1. The Labute approximate surface area is 195 Å². The zero-order chi connectivity index (χ0) is 23.4. The van der Waals surface area contributed by atoms with Gasteiger partial charge in [0.1, 0.15) is 0 Å². The van der Waals surface area contributed by atoms with Crippen molar-refractivity contribution in [3.05, 3.63) is 23.3 Å². The maximum atomic E-state index is 13.7. The summed E-state index contributed by atoms with van der Waals surface area (Å²) >= 11 is 1.52. The van der Waals surface area contributed by atoms with Crippen molar-refractivity contribution >= 4 is 35.4 Å². The molecule has 8 heteroatoms. The molecule has 0 aromatic heterocycles. The van der Waals surface area contributed by atoms with Crippen LogP contribution in [0.4, 0.5) is 10.5 Å². The van der Waals surface area contributed by atoms with E-state index >= 15 is 0 Å². The third-order valence-electron chi connectivity index (χ3n) is 6.29. The van der Waals surface area contributed by atoms with Gasteiger partial charge in [-0.15, -0.1) is 11.8 Å². The molecule has 3 amide bonds. The lowest BCUT2D eigenvalue weighted by molar-refractivity contribution is -0.118. The number of anilines is 1. The van der Waals surface area contributed by atoms with Gasteiger partial charge < -0.3 is 19.9 Å². The summed E-state index contributed by atoms with van der Waals surface area (Å²) in [7, 11) is 1.31. The van der Waals surface area contributed by atoms with Crippen LogP contribution in [-0.2, 0) is 9.53 Å². The van der Waals surface area contributed by atoms with Gasteiger partial charge in [-0.3, -0.25) is 9.59 Å². The smallest absolute Gasteiger partial charge is 0.406 e. The first-order chi connectivity index (χ1) is 15.2. The van der Waals surface area contributed by atoms with Gasteiger partial charge in [0, 0.05) is 35.6 Å². The first-order valence-corrected chi connectivity index (χ1v) is 12.4. The third-order valence-corrected chi connectivity index (χ3v) is 7.43. The number of thioether (sulfide) groups is 1.